The Balaban J connectivity index is 0.00000176. The average molecular weight is 335 g/mol. The van der Waals surface area contributed by atoms with Crippen LogP contribution < -0.4 is 5.32 Å². The van der Waals surface area contributed by atoms with Gasteiger partial charge in [-0.15, -0.1) is 12.4 Å². The van der Waals surface area contributed by atoms with Gasteiger partial charge in [0.25, 0.3) is 0 Å². The molecule has 3 aliphatic rings. The minimum absolute atomic E-state index is 0. The second kappa shape index (κ2) is 5.58. The Morgan fingerprint density at radius 2 is 1.73 bits per heavy atom. The molecule has 1 heterocycles. The van der Waals surface area contributed by atoms with Crippen LogP contribution in [0.15, 0.2) is 0 Å². The van der Waals surface area contributed by atoms with Gasteiger partial charge in [-0.05, 0) is 12.8 Å². The first kappa shape index (κ1) is 16.8. The highest BCUT2D eigenvalue weighted by molar-refractivity contribution is 5.90. The standard InChI is InChI=1S/C13H18N2O6.ClH/c16-6-5-13(11(19)20,9-7(6)8(9)10(17)18)14-12(21)15-3-1-2-4-15;/h6-9,16H,1-5H2,(H,14,21)(H,17,18)(H,19,20);1H/t6-,7-,8-,9-,13-;/m0./s1. The molecule has 0 aromatic heterocycles. The number of hydrogen-bond donors (Lipinski definition) is 4. The van der Waals surface area contributed by atoms with Crippen LogP contribution in [0.25, 0.3) is 0 Å². The van der Waals surface area contributed by atoms with Gasteiger partial charge in [-0.2, -0.15) is 0 Å². The molecule has 3 fully saturated rings. The first-order chi connectivity index (χ1) is 9.88. The molecule has 0 bridgehead atoms. The van der Waals surface area contributed by atoms with E-state index in [0.29, 0.717) is 13.1 Å². The number of fused-ring (bicyclic) bond motifs is 1. The fourth-order valence-corrected chi connectivity index (χ4v) is 3.98. The van der Waals surface area contributed by atoms with E-state index in [4.69, 9.17) is 5.11 Å². The predicted octanol–water partition coefficient (Wildman–Crippen LogP) is -0.252. The normalized spacial score (nSPS) is 38.9. The van der Waals surface area contributed by atoms with Crippen molar-refractivity contribution in [2.45, 2.75) is 30.9 Å². The Kier molecular flexibility index (Phi) is 4.27. The van der Waals surface area contributed by atoms with Gasteiger partial charge in [0, 0.05) is 31.3 Å². The third-order valence-electron chi connectivity index (χ3n) is 5.01. The molecule has 1 saturated heterocycles. The van der Waals surface area contributed by atoms with Gasteiger partial charge in [0.2, 0.25) is 0 Å². The molecule has 0 aromatic rings. The van der Waals surface area contributed by atoms with Crippen molar-refractivity contribution in [3.8, 4) is 0 Å². The third kappa shape index (κ3) is 2.30. The number of carboxylic acids is 2. The largest absolute Gasteiger partial charge is 0.481 e. The summed E-state index contributed by atoms with van der Waals surface area (Å²) in [5, 5.41) is 31.1. The average Bonchev–Trinajstić information content (AvgIpc) is 2.79. The van der Waals surface area contributed by atoms with Gasteiger partial charge in [-0.1, -0.05) is 0 Å². The molecule has 9 heteroatoms. The van der Waals surface area contributed by atoms with Gasteiger partial charge in [0.15, 0.2) is 0 Å². The number of aliphatic hydroxyl groups excluding tert-OH is 1. The Hall–Kier alpha value is -1.54. The number of amides is 2. The van der Waals surface area contributed by atoms with E-state index >= 15 is 0 Å². The topological polar surface area (TPSA) is 127 Å². The molecular weight excluding hydrogens is 316 g/mol. The molecular formula is C13H19ClN2O6. The van der Waals surface area contributed by atoms with Crippen LogP contribution in [0.1, 0.15) is 19.3 Å². The molecule has 5 atom stereocenters. The van der Waals surface area contributed by atoms with Crippen LogP contribution in [0, 0.1) is 17.8 Å². The van der Waals surface area contributed by atoms with E-state index in [-0.39, 0.29) is 18.8 Å². The van der Waals surface area contributed by atoms with Gasteiger partial charge < -0.3 is 25.5 Å². The lowest BCUT2D eigenvalue weighted by molar-refractivity contribution is -0.147. The molecule has 0 spiro atoms. The highest BCUT2D eigenvalue weighted by Gasteiger charge is 2.75. The van der Waals surface area contributed by atoms with Crippen LogP contribution >= 0.6 is 12.4 Å². The summed E-state index contributed by atoms with van der Waals surface area (Å²) in [6.45, 7) is 1.14. The fraction of sp³-hybridized carbons (Fsp3) is 0.769. The molecule has 2 saturated carbocycles. The van der Waals surface area contributed by atoms with E-state index in [1.807, 2.05) is 0 Å². The summed E-state index contributed by atoms with van der Waals surface area (Å²) in [6, 6.07) is -0.487. The molecule has 22 heavy (non-hydrogen) atoms. The number of halogens is 1. The van der Waals surface area contributed by atoms with Gasteiger partial charge in [0.1, 0.15) is 5.54 Å². The van der Waals surface area contributed by atoms with Crippen LogP contribution in [0.3, 0.4) is 0 Å². The van der Waals surface area contributed by atoms with Crippen LogP contribution in [-0.4, -0.2) is 62.9 Å². The zero-order chi connectivity index (χ0) is 15.4. The summed E-state index contributed by atoms with van der Waals surface area (Å²) in [4.78, 5) is 36.5. The number of carbonyl (C=O) groups is 3. The number of urea groups is 1. The molecule has 3 rings (SSSR count). The van der Waals surface area contributed by atoms with E-state index < -0.39 is 47.4 Å². The molecule has 0 aromatic carbocycles. The van der Waals surface area contributed by atoms with E-state index in [1.54, 1.807) is 0 Å². The number of nitrogens with one attached hydrogen (secondary N) is 1. The van der Waals surface area contributed by atoms with Crippen molar-refractivity contribution in [3.63, 3.8) is 0 Å². The number of nitrogens with zero attached hydrogens (tertiary/aromatic N) is 1. The van der Waals surface area contributed by atoms with E-state index in [0.717, 1.165) is 12.8 Å². The predicted molar refractivity (Wildman–Crippen MR) is 75.7 cm³/mol. The summed E-state index contributed by atoms with van der Waals surface area (Å²) in [5.41, 5.74) is -1.67. The summed E-state index contributed by atoms with van der Waals surface area (Å²) >= 11 is 0. The van der Waals surface area contributed by atoms with Crippen molar-refractivity contribution in [2.24, 2.45) is 17.8 Å². The molecule has 0 radical (unpaired) electrons. The van der Waals surface area contributed by atoms with E-state index in [9.17, 15) is 24.6 Å². The van der Waals surface area contributed by atoms with Gasteiger partial charge in [-0.3, -0.25) is 4.79 Å². The monoisotopic (exact) mass is 334 g/mol. The number of aliphatic carboxylic acids is 2. The molecule has 4 N–H and O–H groups in total. The lowest BCUT2D eigenvalue weighted by Crippen LogP contribution is -2.59. The van der Waals surface area contributed by atoms with Crippen molar-refractivity contribution >= 4 is 30.4 Å². The zero-order valence-corrected chi connectivity index (χ0v) is 12.6. The molecule has 0 unspecified atom stereocenters. The molecule has 2 aliphatic carbocycles. The molecule has 1 aliphatic heterocycles. The van der Waals surface area contributed by atoms with E-state index in [1.165, 1.54) is 4.90 Å². The summed E-state index contributed by atoms with van der Waals surface area (Å²) in [7, 11) is 0. The van der Waals surface area contributed by atoms with Crippen molar-refractivity contribution in [3.05, 3.63) is 0 Å². The minimum Gasteiger partial charge on any atom is -0.481 e. The van der Waals surface area contributed by atoms with Gasteiger partial charge in [0.05, 0.1) is 12.0 Å². The Bertz CT molecular complexity index is 509. The maximum atomic E-state index is 12.2. The van der Waals surface area contributed by atoms with E-state index in [2.05, 4.69) is 5.32 Å². The smallest absolute Gasteiger partial charge is 0.329 e. The van der Waals surface area contributed by atoms with Crippen LogP contribution in [0.4, 0.5) is 4.79 Å². The van der Waals surface area contributed by atoms with Crippen molar-refractivity contribution in [1.29, 1.82) is 0 Å². The number of carbonyl (C=O) groups excluding carboxylic acids is 1. The second-order valence-electron chi connectivity index (χ2n) is 6.14. The Morgan fingerprint density at radius 1 is 1.14 bits per heavy atom. The van der Waals surface area contributed by atoms with Crippen LogP contribution in [-0.2, 0) is 9.59 Å². The lowest BCUT2D eigenvalue weighted by Gasteiger charge is -2.31. The molecule has 2 amide bonds. The summed E-state index contributed by atoms with van der Waals surface area (Å²) in [5.74, 6) is -4.62. The number of aliphatic hydroxyl groups is 1. The maximum absolute atomic E-state index is 12.2. The highest BCUT2D eigenvalue weighted by Crippen LogP contribution is 2.62. The second-order valence-corrected chi connectivity index (χ2v) is 6.14. The fourth-order valence-electron chi connectivity index (χ4n) is 3.98. The highest BCUT2D eigenvalue weighted by atomic mass is 35.5. The number of rotatable bonds is 3. The molecule has 8 nitrogen and oxygen atoms in total. The molecule has 124 valence electrons. The number of likely N-dealkylation sites (tertiary alicyclic amines) is 1. The lowest BCUT2D eigenvalue weighted by atomic mass is 9.89. The number of hydrogen-bond acceptors (Lipinski definition) is 4. The van der Waals surface area contributed by atoms with Gasteiger partial charge in [-0.25, -0.2) is 9.59 Å². The van der Waals surface area contributed by atoms with Crippen LogP contribution in [0.2, 0.25) is 0 Å². The maximum Gasteiger partial charge on any atom is 0.329 e. The quantitative estimate of drug-likeness (QED) is 0.563. The van der Waals surface area contributed by atoms with Crippen molar-refractivity contribution < 1.29 is 29.7 Å². The van der Waals surface area contributed by atoms with Crippen molar-refractivity contribution in [1.82, 2.24) is 10.2 Å². The zero-order valence-electron chi connectivity index (χ0n) is 11.8. The number of carboxylic acid groups (broad SMARTS) is 2. The first-order valence-electron chi connectivity index (χ1n) is 7.10. The van der Waals surface area contributed by atoms with Crippen molar-refractivity contribution in [2.75, 3.05) is 13.1 Å². The first-order valence-corrected chi connectivity index (χ1v) is 7.10. The Labute approximate surface area is 132 Å². The Morgan fingerprint density at radius 3 is 2.18 bits per heavy atom. The summed E-state index contributed by atoms with van der Waals surface area (Å²) < 4.78 is 0. The minimum atomic E-state index is -1.67. The third-order valence-corrected chi connectivity index (χ3v) is 5.01. The van der Waals surface area contributed by atoms with Gasteiger partial charge >= 0.3 is 18.0 Å². The summed E-state index contributed by atoms with van der Waals surface area (Å²) in [6.07, 6.45) is 0.604. The SMILES string of the molecule is Cl.O=C(O)[C@H]1[C@H]2[C@@H]1[C@](NC(=O)N1CCCC1)(C(=O)O)C[C@@H]2O. The van der Waals surface area contributed by atoms with Crippen LogP contribution in [0.5, 0.6) is 0 Å².